The zero-order chi connectivity index (χ0) is 14.9. The lowest BCUT2D eigenvalue weighted by Crippen LogP contribution is -2.45. The molecular weight excluding hydrogens is 282 g/mol. The Balaban J connectivity index is 2.13. The van der Waals surface area contributed by atoms with Gasteiger partial charge in [-0.15, -0.1) is 0 Å². The molecule has 2 rings (SSSR count). The number of benzene rings is 1. The molecule has 6 heteroatoms. The lowest BCUT2D eigenvalue weighted by atomic mass is 9.80. The first-order chi connectivity index (χ1) is 9.33. The molecule has 0 spiro atoms. The number of rotatable bonds is 2. The molecule has 1 aliphatic rings. The lowest BCUT2D eigenvalue weighted by molar-refractivity contribution is -0.150. The third-order valence-electron chi connectivity index (χ3n) is 3.86. The van der Waals surface area contributed by atoms with Crippen LogP contribution in [0.5, 0.6) is 5.75 Å². The number of carboxylic acid groups (broad SMARTS) is 1. The minimum absolute atomic E-state index is 0.119. The Hall–Kier alpha value is -1.75. The van der Waals surface area contributed by atoms with E-state index in [4.69, 9.17) is 16.7 Å². The highest BCUT2D eigenvalue weighted by Crippen LogP contribution is 2.32. The molecule has 20 heavy (non-hydrogen) atoms. The fourth-order valence-corrected chi connectivity index (χ4v) is 2.44. The summed E-state index contributed by atoms with van der Waals surface area (Å²) in [5.74, 6) is -1.28. The van der Waals surface area contributed by atoms with Crippen molar-refractivity contribution in [3.63, 3.8) is 0 Å². The summed E-state index contributed by atoms with van der Waals surface area (Å²) in [7, 11) is 0. The summed E-state index contributed by atoms with van der Waals surface area (Å²) in [4.78, 5) is 25.0. The van der Waals surface area contributed by atoms with Gasteiger partial charge < -0.3 is 15.1 Å². The van der Waals surface area contributed by atoms with Gasteiger partial charge in [0.1, 0.15) is 5.75 Å². The quantitative estimate of drug-likeness (QED) is 0.878. The van der Waals surface area contributed by atoms with E-state index in [2.05, 4.69) is 0 Å². The Bertz CT molecular complexity index is 550. The minimum Gasteiger partial charge on any atom is -0.507 e. The van der Waals surface area contributed by atoms with Gasteiger partial charge in [-0.2, -0.15) is 0 Å². The zero-order valence-corrected chi connectivity index (χ0v) is 11.9. The molecule has 0 saturated carbocycles. The molecule has 108 valence electrons. The van der Waals surface area contributed by atoms with Crippen molar-refractivity contribution >= 4 is 23.5 Å². The number of hydrogen-bond acceptors (Lipinski definition) is 3. The number of nitrogens with zero attached hydrogens (tertiary/aromatic N) is 1. The van der Waals surface area contributed by atoms with Crippen molar-refractivity contribution in [3.8, 4) is 5.75 Å². The second kappa shape index (κ2) is 5.32. The van der Waals surface area contributed by atoms with Gasteiger partial charge in [0.05, 0.1) is 11.0 Å². The minimum atomic E-state index is -0.838. The van der Waals surface area contributed by atoms with Crippen LogP contribution in [0.4, 0.5) is 0 Å². The van der Waals surface area contributed by atoms with Gasteiger partial charge in [0.2, 0.25) is 0 Å². The fraction of sp³-hybridized carbons (Fsp3) is 0.429. The van der Waals surface area contributed by atoms with Crippen LogP contribution in [0.1, 0.15) is 30.1 Å². The molecule has 0 radical (unpaired) electrons. The van der Waals surface area contributed by atoms with Crippen LogP contribution in [0.25, 0.3) is 0 Å². The van der Waals surface area contributed by atoms with E-state index >= 15 is 0 Å². The summed E-state index contributed by atoms with van der Waals surface area (Å²) in [5, 5.41) is 19.3. The first kappa shape index (κ1) is 14.7. The van der Waals surface area contributed by atoms with E-state index < -0.39 is 11.4 Å². The van der Waals surface area contributed by atoms with E-state index in [1.807, 2.05) is 0 Å². The predicted octanol–water partition coefficient (Wildman–Crippen LogP) is 2.37. The van der Waals surface area contributed by atoms with Crippen LogP contribution in [-0.4, -0.2) is 40.1 Å². The van der Waals surface area contributed by atoms with Crippen LogP contribution in [0, 0.1) is 5.41 Å². The normalized spacial score (nSPS) is 17.8. The van der Waals surface area contributed by atoms with E-state index in [-0.39, 0.29) is 17.2 Å². The molecule has 1 saturated heterocycles. The maximum Gasteiger partial charge on any atom is 0.309 e. The highest BCUT2D eigenvalue weighted by atomic mass is 35.5. The number of amides is 1. The number of carbonyl (C=O) groups excluding carboxylic acids is 1. The van der Waals surface area contributed by atoms with Crippen LogP contribution in [-0.2, 0) is 4.79 Å². The van der Waals surface area contributed by atoms with Gasteiger partial charge in [-0.1, -0.05) is 11.6 Å². The maximum atomic E-state index is 12.3. The molecule has 0 unspecified atom stereocenters. The van der Waals surface area contributed by atoms with Crippen LogP contribution in [0.3, 0.4) is 0 Å². The van der Waals surface area contributed by atoms with Crippen molar-refractivity contribution in [2.24, 2.45) is 5.41 Å². The average Bonchev–Trinajstić information content (AvgIpc) is 2.41. The molecule has 0 atom stereocenters. The van der Waals surface area contributed by atoms with Gasteiger partial charge in [-0.25, -0.2) is 0 Å². The van der Waals surface area contributed by atoms with Crippen molar-refractivity contribution in [1.82, 2.24) is 4.90 Å². The summed E-state index contributed by atoms with van der Waals surface area (Å²) >= 11 is 5.83. The Labute approximate surface area is 121 Å². The fourth-order valence-electron chi connectivity index (χ4n) is 2.27. The lowest BCUT2D eigenvalue weighted by Gasteiger charge is -2.36. The van der Waals surface area contributed by atoms with Crippen molar-refractivity contribution in [3.05, 3.63) is 28.8 Å². The maximum absolute atomic E-state index is 12.3. The molecule has 1 aromatic carbocycles. The topological polar surface area (TPSA) is 77.8 Å². The standard InChI is InChI=1S/C14H16ClNO4/c1-14(13(19)20)4-6-16(7-5-14)12(18)10-8-9(15)2-3-11(10)17/h2-3,8,17H,4-7H2,1H3,(H,19,20). The molecule has 5 nitrogen and oxygen atoms in total. The van der Waals surface area contributed by atoms with E-state index in [0.717, 1.165) is 0 Å². The first-order valence-corrected chi connectivity index (χ1v) is 6.72. The molecule has 1 fully saturated rings. The number of halogens is 1. The predicted molar refractivity (Wildman–Crippen MR) is 74.0 cm³/mol. The summed E-state index contributed by atoms with van der Waals surface area (Å²) in [5.41, 5.74) is -0.635. The number of aliphatic carboxylic acids is 1. The number of carboxylic acids is 1. The molecule has 1 heterocycles. The third kappa shape index (κ3) is 2.72. The number of piperidine rings is 1. The summed E-state index contributed by atoms with van der Waals surface area (Å²) in [6.45, 7) is 2.40. The van der Waals surface area contributed by atoms with Crippen LogP contribution in [0.2, 0.25) is 5.02 Å². The largest absolute Gasteiger partial charge is 0.507 e. The van der Waals surface area contributed by atoms with Gasteiger partial charge in [0, 0.05) is 18.1 Å². The SMILES string of the molecule is CC1(C(=O)O)CCN(C(=O)c2cc(Cl)ccc2O)CC1. The average molecular weight is 298 g/mol. The number of phenolic OH excluding ortho intramolecular Hbond substituents is 1. The highest BCUT2D eigenvalue weighted by Gasteiger charge is 2.38. The van der Waals surface area contributed by atoms with Crippen LogP contribution in [0.15, 0.2) is 18.2 Å². The molecule has 0 bridgehead atoms. The van der Waals surface area contributed by atoms with Gasteiger partial charge in [-0.05, 0) is 38.0 Å². The molecule has 1 aliphatic heterocycles. The third-order valence-corrected chi connectivity index (χ3v) is 4.09. The van der Waals surface area contributed by atoms with E-state index in [9.17, 15) is 14.7 Å². The Morgan fingerprint density at radius 3 is 2.45 bits per heavy atom. The van der Waals surface area contributed by atoms with Crippen LogP contribution < -0.4 is 0 Å². The van der Waals surface area contributed by atoms with Crippen molar-refractivity contribution < 1.29 is 19.8 Å². The van der Waals surface area contributed by atoms with Crippen molar-refractivity contribution in [2.45, 2.75) is 19.8 Å². The molecule has 1 aromatic rings. The molecule has 1 amide bonds. The zero-order valence-electron chi connectivity index (χ0n) is 11.1. The highest BCUT2D eigenvalue weighted by molar-refractivity contribution is 6.31. The van der Waals surface area contributed by atoms with Gasteiger partial charge in [0.15, 0.2) is 0 Å². The second-order valence-corrected chi connectivity index (χ2v) is 5.76. The molecule has 2 N–H and O–H groups in total. The molecular formula is C14H16ClNO4. The molecule has 0 aromatic heterocycles. The second-order valence-electron chi connectivity index (χ2n) is 5.32. The summed E-state index contributed by atoms with van der Waals surface area (Å²) in [6.07, 6.45) is 0.796. The van der Waals surface area contributed by atoms with Gasteiger partial charge in [-0.3, -0.25) is 9.59 Å². The monoisotopic (exact) mass is 297 g/mol. The van der Waals surface area contributed by atoms with Crippen molar-refractivity contribution in [2.75, 3.05) is 13.1 Å². The Kier molecular flexibility index (Phi) is 3.90. The number of carbonyl (C=O) groups is 2. The van der Waals surface area contributed by atoms with E-state index in [0.29, 0.717) is 31.0 Å². The Morgan fingerprint density at radius 1 is 1.30 bits per heavy atom. The van der Waals surface area contributed by atoms with Gasteiger partial charge >= 0.3 is 5.97 Å². The molecule has 0 aliphatic carbocycles. The number of aromatic hydroxyl groups is 1. The first-order valence-electron chi connectivity index (χ1n) is 6.35. The number of phenols is 1. The van der Waals surface area contributed by atoms with Crippen molar-refractivity contribution in [1.29, 1.82) is 0 Å². The number of likely N-dealkylation sites (tertiary alicyclic amines) is 1. The van der Waals surface area contributed by atoms with Gasteiger partial charge in [0.25, 0.3) is 5.91 Å². The smallest absolute Gasteiger partial charge is 0.309 e. The summed E-state index contributed by atoms with van der Waals surface area (Å²) in [6, 6.07) is 4.30. The summed E-state index contributed by atoms with van der Waals surface area (Å²) < 4.78 is 0. The number of hydrogen-bond donors (Lipinski definition) is 2. The Morgan fingerprint density at radius 2 is 1.90 bits per heavy atom. The van der Waals surface area contributed by atoms with Crippen LogP contribution >= 0.6 is 11.6 Å². The van der Waals surface area contributed by atoms with E-state index in [1.165, 1.54) is 18.2 Å². The van der Waals surface area contributed by atoms with E-state index in [1.54, 1.807) is 11.8 Å².